The van der Waals surface area contributed by atoms with Crippen LogP contribution in [0.1, 0.15) is 25.8 Å². The quantitative estimate of drug-likeness (QED) is 0.489. The van der Waals surface area contributed by atoms with E-state index in [1.54, 1.807) is 7.11 Å². The number of nitrogens with one attached hydrogen (secondary N) is 1. The number of methoxy groups -OCH3 is 1. The molecule has 0 amide bonds. The zero-order valence-electron chi connectivity index (χ0n) is 18.8. The van der Waals surface area contributed by atoms with Gasteiger partial charge in [0.15, 0.2) is 0 Å². The highest BCUT2D eigenvalue weighted by atomic mass is 16.5. The third-order valence-corrected chi connectivity index (χ3v) is 6.80. The number of aryl methyl sites for hydroxylation is 1. The molecule has 0 saturated carbocycles. The van der Waals surface area contributed by atoms with Crippen molar-refractivity contribution in [3.63, 3.8) is 0 Å². The highest BCUT2D eigenvalue weighted by Crippen LogP contribution is 2.33. The zero-order chi connectivity index (χ0) is 21.4. The topological polar surface area (TPSA) is 44.4 Å². The van der Waals surface area contributed by atoms with Crippen molar-refractivity contribution in [2.75, 3.05) is 39.8 Å². The Kier molecular flexibility index (Phi) is 5.55. The Hall–Kier alpha value is -2.63. The van der Waals surface area contributed by atoms with Crippen LogP contribution in [0.3, 0.4) is 0 Å². The van der Waals surface area contributed by atoms with Crippen molar-refractivity contribution in [3.8, 4) is 5.75 Å². The average molecular weight is 417 g/mol. The SMILES string of the molecule is COc1ccc2[nH]c3c(ncc4cccc(CCCN5CCN(C(C)C)CC5)c43)c2c1. The molecule has 31 heavy (non-hydrogen) atoms. The number of rotatable bonds is 6. The number of ether oxygens (including phenoxy) is 1. The fraction of sp³-hybridized carbons (Fsp3) is 0.423. The van der Waals surface area contributed by atoms with Crippen LogP contribution in [0.2, 0.25) is 0 Å². The zero-order valence-corrected chi connectivity index (χ0v) is 18.8. The molecule has 5 heteroatoms. The van der Waals surface area contributed by atoms with Crippen molar-refractivity contribution in [2.24, 2.45) is 0 Å². The van der Waals surface area contributed by atoms with Gasteiger partial charge in [-0.1, -0.05) is 18.2 Å². The lowest BCUT2D eigenvalue weighted by Crippen LogP contribution is -2.48. The first-order chi connectivity index (χ1) is 15.1. The maximum absolute atomic E-state index is 5.43. The summed E-state index contributed by atoms with van der Waals surface area (Å²) in [6.45, 7) is 10.5. The lowest BCUT2D eigenvalue weighted by Gasteiger charge is -2.36. The van der Waals surface area contributed by atoms with Crippen molar-refractivity contribution >= 4 is 32.7 Å². The van der Waals surface area contributed by atoms with Gasteiger partial charge in [-0.05, 0) is 57.0 Å². The molecule has 0 atom stereocenters. The van der Waals surface area contributed by atoms with E-state index in [9.17, 15) is 0 Å². The number of hydrogen-bond donors (Lipinski definition) is 1. The molecule has 0 spiro atoms. The molecule has 0 aliphatic carbocycles. The number of benzene rings is 2. The first-order valence-corrected chi connectivity index (χ1v) is 11.5. The standard InChI is InChI=1S/C26H32N4O/c1-18(2)30-14-12-29(13-15-30)11-5-8-19-6-4-7-20-17-27-25-22-16-21(31-3)9-10-23(22)28-26(25)24(19)20/h4,6-7,9-10,16-18,28H,5,8,11-15H2,1-3H3. The summed E-state index contributed by atoms with van der Waals surface area (Å²) in [5, 5.41) is 3.63. The second kappa shape index (κ2) is 8.48. The van der Waals surface area contributed by atoms with Crippen molar-refractivity contribution in [3.05, 3.63) is 48.2 Å². The minimum Gasteiger partial charge on any atom is -0.497 e. The van der Waals surface area contributed by atoms with E-state index in [1.807, 2.05) is 12.3 Å². The largest absolute Gasteiger partial charge is 0.497 e. The second-order valence-corrected chi connectivity index (χ2v) is 8.97. The molecule has 1 saturated heterocycles. The van der Waals surface area contributed by atoms with E-state index in [-0.39, 0.29) is 0 Å². The van der Waals surface area contributed by atoms with Crippen LogP contribution in [-0.2, 0) is 6.42 Å². The smallest absolute Gasteiger partial charge is 0.119 e. The number of aromatic amines is 1. The number of hydrogen-bond acceptors (Lipinski definition) is 4. The Morgan fingerprint density at radius 1 is 1.10 bits per heavy atom. The van der Waals surface area contributed by atoms with E-state index < -0.39 is 0 Å². The predicted molar refractivity (Wildman–Crippen MR) is 129 cm³/mol. The number of pyridine rings is 1. The molecule has 4 aromatic rings. The molecule has 0 unspecified atom stereocenters. The molecule has 5 nitrogen and oxygen atoms in total. The Balaban J connectivity index is 1.40. The maximum atomic E-state index is 5.43. The van der Waals surface area contributed by atoms with Gasteiger partial charge in [0.05, 0.1) is 18.1 Å². The minimum absolute atomic E-state index is 0.658. The molecule has 0 radical (unpaired) electrons. The van der Waals surface area contributed by atoms with Gasteiger partial charge in [0.2, 0.25) is 0 Å². The minimum atomic E-state index is 0.658. The van der Waals surface area contributed by atoms with E-state index >= 15 is 0 Å². The van der Waals surface area contributed by atoms with Gasteiger partial charge in [0.1, 0.15) is 5.75 Å². The molecule has 0 bridgehead atoms. The van der Waals surface area contributed by atoms with Crippen molar-refractivity contribution in [2.45, 2.75) is 32.7 Å². The molecule has 162 valence electrons. The van der Waals surface area contributed by atoms with E-state index in [0.717, 1.165) is 34.1 Å². The first-order valence-electron chi connectivity index (χ1n) is 11.5. The second-order valence-electron chi connectivity index (χ2n) is 8.97. The monoisotopic (exact) mass is 416 g/mol. The normalized spacial score (nSPS) is 16.1. The van der Waals surface area contributed by atoms with Crippen LogP contribution in [0.4, 0.5) is 0 Å². The van der Waals surface area contributed by atoms with Crippen molar-refractivity contribution in [1.82, 2.24) is 19.8 Å². The summed E-state index contributed by atoms with van der Waals surface area (Å²) in [4.78, 5) is 13.6. The number of H-pyrrole nitrogens is 1. The molecule has 2 aromatic heterocycles. The van der Waals surface area contributed by atoms with Crippen LogP contribution in [-0.4, -0.2) is 65.6 Å². The molecule has 5 rings (SSSR count). The third-order valence-electron chi connectivity index (χ3n) is 6.80. The number of fused-ring (bicyclic) bond motifs is 5. The molecular weight excluding hydrogens is 384 g/mol. The van der Waals surface area contributed by atoms with Crippen molar-refractivity contribution in [1.29, 1.82) is 0 Å². The highest BCUT2D eigenvalue weighted by molar-refractivity contribution is 6.15. The predicted octanol–water partition coefficient (Wildman–Crippen LogP) is 4.84. The van der Waals surface area contributed by atoms with Crippen LogP contribution in [0.5, 0.6) is 5.75 Å². The van der Waals surface area contributed by atoms with Gasteiger partial charge >= 0.3 is 0 Å². The molecule has 1 N–H and O–H groups in total. The molecule has 1 aliphatic rings. The molecular formula is C26H32N4O. The lowest BCUT2D eigenvalue weighted by atomic mass is 10.0. The van der Waals surface area contributed by atoms with E-state index in [1.165, 1.54) is 55.5 Å². The Labute approximate surface area is 184 Å². The maximum Gasteiger partial charge on any atom is 0.119 e. The molecule has 2 aromatic carbocycles. The van der Waals surface area contributed by atoms with Crippen molar-refractivity contribution < 1.29 is 4.74 Å². The Morgan fingerprint density at radius 2 is 1.94 bits per heavy atom. The highest BCUT2D eigenvalue weighted by Gasteiger charge is 2.18. The van der Waals surface area contributed by atoms with Crippen LogP contribution in [0, 0.1) is 0 Å². The van der Waals surface area contributed by atoms with Gasteiger partial charge in [-0.2, -0.15) is 0 Å². The lowest BCUT2D eigenvalue weighted by molar-refractivity contribution is 0.108. The Morgan fingerprint density at radius 3 is 2.71 bits per heavy atom. The summed E-state index contributed by atoms with van der Waals surface area (Å²) in [5.74, 6) is 0.862. The van der Waals surface area contributed by atoms with Gasteiger partial charge in [0, 0.05) is 60.1 Å². The van der Waals surface area contributed by atoms with Gasteiger partial charge in [-0.15, -0.1) is 0 Å². The van der Waals surface area contributed by atoms with Crippen LogP contribution in [0.25, 0.3) is 32.7 Å². The first kappa shape index (κ1) is 20.3. The molecule has 1 fully saturated rings. The number of piperazine rings is 1. The summed E-state index contributed by atoms with van der Waals surface area (Å²) in [5.41, 5.74) is 4.68. The fourth-order valence-corrected chi connectivity index (χ4v) is 4.97. The summed E-state index contributed by atoms with van der Waals surface area (Å²) < 4.78 is 5.43. The summed E-state index contributed by atoms with van der Waals surface area (Å²) in [6, 6.07) is 13.4. The average Bonchev–Trinajstić information content (AvgIpc) is 3.17. The van der Waals surface area contributed by atoms with Gasteiger partial charge in [-0.25, -0.2) is 0 Å². The van der Waals surface area contributed by atoms with Crippen LogP contribution in [0.15, 0.2) is 42.6 Å². The number of aromatic nitrogens is 2. The Bertz CT molecular complexity index is 1200. The van der Waals surface area contributed by atoms with Crippen LogP contribution < -0.4 is 4.74 Å². The summed E-state index contributed by atoms with van der Waals surface area (Å²) >= 11 is 0. The van der Waals surface area contributed by atoms with E-state index in [2.05, 4.69) is 59.0 Å². The van der Waals surface area contributed by atoms with E-state index in [0.29, 0.717) is 6.04 Å². The van der Waals surface area contributed by atoms with Gasteiger partial charge in [0.25, 0.3) is 0 Å². The summed E-state index contributed by atoms with van der Waals surface area (Å²) in [6.07, 6.45) is 4.28. The van der Waals surface area contributed by atoms with Crippen LogP contribution >= 0.6 is 0 Å². The van der Waals surface area contributed by atoms with Gasteiger partial charge in [-0.3, -0.25) is 9.88 Å². The molecule has 1 aliphatic heterocycles. The third kappa shape index (κ3) is 3.88. The molecule has 3 heterocycles. The number of nitrogens with zero attached hydrogens (tertiary/aromatic N) is 3. The fourth-order valence-electron chi connectivity index (χ4n) is 4.97. The van der Waals surface area contributed by atoms with E-state index in [4.69, 9.17) is 9.72 Å². The summed E-state index contributed by atoms with van der Waals surface area (Å²) in [7, 11) is 1.71. The van der Waals surface area contributed by atoms with Gasteiger partial charge < -0.3 is 14.6 Å².